The summed E-state index contributed by atoms with van der Waals surface area (Å²) in [6.07, 6.45) is 5.35. The highest BCUT2D eigenvalue weighted by atomic mass is 32.1. The van der Waals surface area contributed by atoms with Crippen LogP contribution in [-0.2, 0) is 4.79 Å². The van der Waals surface area contributed by atoms with E-state index in [0.717, 1.165) is 51.7 Å². The first kappa shape index (κ1) is 13.1. The van der Waals surface area contributed by atoms with Crippen LogP contribution in [0.1, 0.15) is 43.7 Å². The van der Waals surface area contributed by atoms with Crippen molar-refractivity contribution in [2.45, 2.75) is 38.1 Å². The van der Waals surface area contributed by atoms with Crippen LogP contribution in [0.2, 0.25) is 0 Å². The van der Waals surface area contributed by atoms with E-state index in [4.69, 9.17) is 0 Å². The van der Waals surface area contributed by atoms with Gasteiger partial charge in [-0.15, -0.1) is 0 Å². The van der Waals surface area contributed by atoms with Crippen LogP contribution in [0.15, 0.2) is 16.8 Å². The van der Waals surface area contributed by atoms with Gasteiger partial charge in [-0.3, -0.25) is 4.79 Å². The molecule has 0 saturated carbocycles. The predicted molar refractivity (Wildman–Crippen MR) is 78.2 cm³/mol. The first-order chi connectivity index (χ1) is 9.34. The number of carbonyl (C=O) groups excluding carboxylic acids is 1. The molecule has 0 aliphatic carbocycles. The van der Waals surface area contributed by atoms with Crippen molar-refractivity contribution >= 4 is 17.2 Å². The summed E-state index contributed by atoms with van der Waals surface area (Å²) in [7, 11) is 0. The van der Waals surface area contributed by atoms with Crippen molar-refractivity contribution in [2.24, 2.45) is 5.92 Å². The number of hydrogen-bond donors (Lipinski definition) is 1. The molecule has 0 bridgehead atoms. The number of piperidine rings is 1. The summed E-state index contributed by atoms with van der Waals surface area (Å²) in [5.41, 5.74) is 1.33. The summed E-state index contributed by atoms with van der Waals surface area (Å²) in [4.78, 5) is 14.7. The zero-order chi connectivity index (χ0) is 13.1. The van der Waals surface area contributed by atoms with Gasteiger partial charge < -0.3 is 10.2 Å². The van der Waals surface area contributed by atoms with Crippen LogP contribution in [0.4, 0.5) is 0 Å². The van der Waals surface area contributed by atoms with E-state index < -0.39 is 0 Å². The third-order valence-electron chi connectivity index (χ3n) is 4.42. The lowest BCUT2D eigenvalue weighted by Gasteiger charge is -2.28. The molecular formula is C15H22N2OS. The van der Waals surface area contributed by atoms with E-state index in [1.165, 1.54) is 5.56 Å². The molecule has 3 rings (SSSR count). The summed E-state index contributed by atoms with van der Waals surface area (Å²) in [5.74, 6) is 0.970. The van der Waals surface area contributed by atoms with Crippen molar-refractivity contribution in [1.29, 1.82) is 0 Å². The van der Waals surface area contributed by atoms with Crippen LogP contribution < -0.4 is 5.32 Å². The van der Waals surface area contributed by atoms with Crippen LogP contribution in [0.5, 0.6) is 0 Å². The Kier molecular flexibility index (Phi) is 4.18. The minimum Gasteiger partial charge on any atom is -0.336 e. The fourth-order valence-electron chi connectivity index (χ4n) is 3.33. The molecule has 0 radical (unpaired) electrons. The molecule has 1 amide bonds. The third-order valence-corrected chi connectivity index (χ3v) is 5.12. The van der Waals surface area contributed by atoms with Gasteiger partial charge in [-0.25, -0.2) is 0 Å². The fraction of sp³-hybridized carbons (Fsp3) is 0.667. The Bertz CT molecular complexity index is 412. The van der Waals surface area contributed by atoms with Crippen molar-refractivity contribution in [3.63, 3.8) is 0 Å². The van der Waals surface area contributed by atoms with E-state index in [-0.39, 0.29) is 0 Å². The minimum atomic E-state index is 0.348. The summed E-state index contributed by atoms with van der Waals surface area (Å²) in [6.45, 7) is 3.10. The van der Waals surface area contributed by atoms with Gasteiger partial charge in [0.15, 0.2) is 0 Å². The molecule has 2 saturated heterocycles. The zero-order valence-corrected chi connectivity index (χ0v) is 12.1. The average molecular weight is 278 g/mol. The maximum Gasteiger partial charge on any atom is 0.223 e. The molecule has 19 heavy (non-hydrogen) atoms. The molecule has 2 fully saturated rings. The molecule has 1 aromatic heterocycles. The van der Waals surface area contributed by atoms with Crippen LogP contribution in [0.3, 0.4) is 0 Å². The summed E-state index contributed by atoms with van der Waals surface area (Å²) >= 11 is 1.73. The zero-order valence-electron chi connectivity index (χ0n) is 11.3. The lowest BCUT2D eigenvalue weighted by atomic mass is 9.94. The molecule has 0 spiro atoms. The number of thiophene rings is 1. The molecule has 3 heterocycles. The summed E-state index contributed by atoms with van der Waals surface area (Å²) < 4.78 is 0. The third kappa shape index (κ3) is 3.00. The molecule has 2 aliphatic rings. The smallest absolute Gasteiger partial charge is 0.223 e. The standard InChI is InChI=1S/C15H22N2OS/c18-15(10-12-3-6-16-7-4-12)17-8-1-2-14(17)13-5-9-19-11-13/h5,9,11-12,14,16H,1-4,6-8,10H2. The van der Waals surface area contributed by atoms with Crippen LogP contribution >= 0.6 is 11.3 Å². The van der Waals surface area contributed by atoms with Crippen molar-refractivity contribution in [1.82, 2.24) is 10.2 Å². The van der Waals surface area contributed by atoms with Crippen LogP contribution in [0, 0.1) is 5.92 Å². The second-order valence-corrected chi connectivity index (χ2v) is 6.48. The lowest BCUT2D eigenvalue weighted by molar-refractivity contribution is -0.133. The lowest BCUT2D eigenvalue weighted by Crippen LogP contribution is -2.35. The molecular weight excluding hydrogens is 256 g/mol. The molecule has 104 valence electrons. The van der Waals surface area contributed by atoms with Gasteiger partial charge >= 0.3 is 0 Å². The summed E-state index contributed by atoms with van der Waals surface area (Å²) in [5, 5.41) is 7.67. The SMILES string of the molecule is O=C(CC1CCNCC1)N1CCCC1c1ccsc1. The van der Waals surface area contributed by atoms with E-state index >= 15 is 0 Å². The highest BCUT2D eigenvalue weighted by Crippen LogP contribution is 2.34. The maximum atomic E-state index is 12.5. The highest BCUT2D eigenvalue weighted by Gasteiger charge is 2.31. The van der Waals surface area contributed by atoms with Gasteiger partial charge in [0.05, 0.1) is 6.04 Å². The Balaban J connectivity index is 1.62. The van der Waals surface area contributed by atoms with Crippen molar-refractivity contribution in [2.75, 3.05) is 19.6 Å². The monoisotopic (exact) mass is 278 g/mol. The summed E-state index contributed by atoms with van der Waals surface area (Å²) in [6, 6.07) is 2.52. The number of rotatable bonds is 3. The topological polar surface area (TPSA) is 32.3 Å². The quantitative estimate of drug-likeness (QED) is 0.922. The number of nitrogens with zero attached hydrogens (tertiary/aromatic N) is 1. The Morgan fingerprint density at radius 2 is 2.21 bits per heavy atom. The van der Waals surface area contributed by atoms with Crippen LogP contribution in [-0.4, -0.2) is 30.4 Å². The van der Waals surface area contributed by atoms with E-state index in [0.29, 0.717) is 17.9 Å². The van der Waals surface area contributed by atoms with Gasteiger partial charge in [-0.05, 0) is 67.1 Å². The molecule has 1 unspecified atom stereocenters. The Labute approximate surface area is 119 Å². The number of hydrogen-bond acceptors (Lipinski definition) is 3. The number of amides is 1. The van der Waals surface area contributed by atoms with E-state index in [2.05, 4.69) is 27.0 Å². The Morgan fingerprint density at radius 3 is 2.95 bits per heavy atom. The Hall–Kier alpha value is -0.870. The van der Waals surface area contributed by atoms with Crippen molar-refractivity contribution < 1.29 is 4.79 Å². The fourth-order valence-corrected chi connectivity index (χ4v) is 4.03. The highest BCUT2D eigenvalue weighted by molar-refractivity contribution is 7.07. The molecule has 1 N–H and O–H groups in total. The second-order valence-electron chi connectivity index (χ2n) is 5.70. The first-order valence-electron chi connectivity index (χ1n) is 7.37. The maximum absolute atomic E-state index is 12.5. The van der Waals surface area contributed by atoms with Crippen LogP contribution in [0.25, 0.3) is 0 Å². The molecule has 0 aromatic carbocycles. The molecule has 3 nitrogen and oxygen atoms in total. The largest absolute Gasteiger partial charge is 0.336 e. The first-order valence-corrected chi connectivity index (χ1v) is 8.31. The van der Waals surface area contributed by atoms with Gasteiger partial charge in [0.2, 0.25) is 5.91 Å². The van der Waals surface area contributed by atoms with Gasteiger partial charge in [-0.2, -0.15) is 11.3 Å². The molecule has 4 heteroatoms. The number of nitrogens with one attached hydrogen (secondary N) is 1. The number of carbonyl (C=O) groups is 1. The number of likely N-dealkylation sites (tertiary alicyclic amines) is 1. The average Bonchev–Trinajstić information content (AvgIpc) is 3.10. The van der Waals surface area contributed by atoms with Gasteiger partial charge in [-0.1, -0.05) is 0 Å². The predicted octanol–water partition coefficient (Wildman–Crippen LogP) is 2.80. The normalized spacial score (nSPS) is 24.8. The molecule has 1 aromatic rings. The van der Waals surface area contributed by atoms with Gasteiger partial charge in [0, 0.05) is 13.0 Å². The van der Waals surface area contributed by atoms with Gasteiger partial charge in [0.25, 0.3) is 0 Å². The van der Waals surface area contributed by atoms with E-state index in [1.807, 2.05) is 0 Å². The Morgan fingerprint density at radius 1 is 1.37 bits per heavy atom. The molecule has 1 atom stereocenters. The van der Waals surface area contributed by atoms with Gasteiger partial charge in [0.1, 0.15) is 0 Å². The molecule has 2 aliphatic heterocycles. The van der Waals surface area contributed by atoms with Crippen molar-refractivity contribution in [3.05, 3.63) is 22.4 Å². The minimum absolute atomic E-state index is 0.348. The van der Waals surface area contributed by atoms with E-state index in [9.17, 15) is 4.79 Å². The van der Waals surface area contributed by atoms with E-state index in [1.54, 1.807) is 11.3 Å². The second kappa shape index (κ2) is 6.06. The van der Waals surface area contributed by atoms with Crippen molar-refractivity contribution in [3.8, 4) is 0 Å².